The molecular formula is C13H16ClIN2. The quantitative estimate of drug-likeness (QED) is 0.609. The smallest absolute Gasteiger partial charge is 0.0683 e. The predicted molar refractivity (Wildman–Crippen MR) is 81.3 cm³/mol. The maximum Gasteiger partial charge on any atom is 0.0683 e. The van der Waals surface area contributed by atoms with E-state index in [1.807, 2.05) is 32.0 Å². The van der Waals surface area contributed by atoms with Crippen LogP contribution < -0.4 is 5.32 Å². The molecule has 92 valence electrons. The fourth-order valence-corrected chi connectivity index (χ4v) is 2.50. The Kier molecular flexibility index (Phi) is 5.54. The summed E-state index contributed by atoms with van der Waals surface area (Å²) in [5, 5.41) is 13.0. The van der Waals surface area contributed by atoms with E-state index in [-0.39, 0.29) is 5.41 Å². The van der Waals surface area contributed by atoms with Crippen molar-refractivity contribution in [3.63, 3.8) is 0 Å². The normalized spacial score (nSPS) is 11.0. The maximum absolute atomic E-state index is 8.90. The highest BCUT2D eigenvalue weighted by molar-refractivity contribution is 14.1. The van der Waals surface area contributed by atoms with E-state index >= 15 is 0 Å². The van der Waals surface area contributed by atoms with E-state index in [2.05, 4.69) is 34.0 Å². The van der Waals surface area contributed by atoms with Gasteiger partial charge >= 0.3 is 0 Å². The molecular weight excluding hydrogens is 347 g/mol. The SMILES string of the molecule is CC(C)(C#N)CCCNc1ccc(Cl)cc1I. The average Bonchev–Trinajstić information content (AvgIpc) is 2.27. The minimum Gasteiger partial charge on any atom is -0.384 e. The molecule has 1 rings (SSSR count). The highest BCUT2D eigenvalue weighted by Gasteiger charge is 2.15. The zero-order valence-electron chi connectivity index (χ0n) is 10.1. The Hall–Kier alpha value is -0.470. The van der Waals surface area contributed by atoms with Crippen molar-refractivity contribution in [3.05, 3.63) is 26.8 Å². The first-order chi connectivity index (χ1) is 7.94. The first-order valence-corrected chi connectivity index (χ1v) is 7.00. The lowest BCUT2D eigenvalue weighted by atomic mass is 9.90. The molecule has 0 radical (unpaired) electrons. The number of anilines is 1. The molecule has 0 aliphatic carbocycles. The monoisotopic (exact) mass is 362 g/mol. The molecule has 0 saturated heterocycles. The van der Waals surface area contributed by atoms with Crippen LogP contribution in [0.5, 0.6) is 0 Å². The molecule has 1 N–H and O–H groups in total. The summed E-state index contributed by atoms with van der Waals surface area (Å²) in [6.07, 6.45) is 1.89. The number of hydrogen-bond acceptors (Lipinski definition) is 2. The third-order valence-corrected chi connectivity index (χ3v) is 3.66. The van der Waals surface area contributed by atoms with Gasteiger partial charge in [-0.3, -0.25) is 0 Å². The molecule has 0 unspecified atom stereocenters. The molecule has 4 heteroatoms. The van der Waals surface area contributed by atoms with Crippen LogP contribution in [0.2, 0.25) is 5.02 Å². The van der Waals surface area contributed by atoms with Gasteiger partial charge in [-0.05, 0) is 67.5 Å². The van der Waals surface area contributed by atoms with Crippen LogP contribution in [0.25, 0.3) is 0 Å². The second-order valence-corrected chi connectivity index (χ2v) is 6.25. The van der Waals surface area contributed by atoms with Crippen LogP contribution in [-0.4, -0.2) is 6.54 Å². The fraction of sp³-hybridized carbons (Fsp3) is 0.462. The van der Waals surface area contributed by atoms with Gasteiger partial charge in [-0.15, -0.1) is 0 Å². The molecule has 0 aliphatic heterocycles. The molecule has 0 amide bonds. The third-order valence-electron chi connectivity index (χ3n) is 2.53. The molecule has 17 heavy (non-hydrogen) atoms. The van der Waals surface area contributed by atoms with Crippen LogP contribution in [0, 0.1) is 20.3 Å². The number of halogens is 2. The summed E-state index contributed by atoms with van der Waals surface area (Å²) in [6.45, 7) is 4.82. The number of benzene rings is 1. The van der Waals surface area contributed by atoms with Crippen molar-refractivity contribution >= 4 is 39.9 Å². The van der Waals surface area contributed by atoms with Crippen LogP contribution in [-0.2, 0) is 0 Å². The number of hydrogen-bond donors (Lipinski definition) is 1. The van der Waals surface area contributed by atoms with E-state index in [1.54, 1.807) is 0 Å². The zero-order valence-corrected chi connectivity index (χ0v) is 13.0. The molecule has 2 nitrogen and oxygen atoms in total. The molecule has 0 aliphatic rings. The predicted octanol–water partition coefficient (Wildman–Crippen LogP) is 4.69. The Balaban J connectivity index is 2.39. The summed E-state index contributed by atoms with van der Waals surface area (Å²) in [5.41, 5.74) is 0.874. The molecule has 0 fully saturated rings. The third kappa shape index (κ3) is 5.13. The molecule has 1 aromatic carbocycles. The average molecular weight is 363 g/mol. The van der Waals surface area contributed by atoms with Crippen molar-refractivity contribution in [2.75, 3.05) is 11.9 Å². The number of nitriles is 1. The van der Waals surface area contributed by atoms with Crippen molar-refractivity contribution in [1.29, 1.82) is 5.26 Å². The van der Waals surface area contributed by atoms with Gasteiger partial charge in [-0.2, -0.15) is 5.26 Å². The Morgan fingerprint density at radius 3 is 2.76 bits per heavy atom. The summed E-state index contributed by atoms with van der Waals surface area (Å²) in [7, 11) is 0. The number of nitrogens with one attached hydrogen (secondary N) is 1. The first kappa shape index (κ1) is 14.6. The Labute approximate surface area is 121 Å². The van der Waals surface area contributed by atoms with Crippen LogP contribution >= 0.6 is 34.2 Å². The first-order valence-electron chi connectivity index (χ1n) is 5.55. The van der Waals surface area contributed by atoms with Gasteiger partial charge < -0.3 is 5.32 Å². The molecule has 0 saturated carbocycles. The van der Waals surface area contributed by atoms with E-state index in [0.29, 0.717) is 0 Å². The van der Waals surface area contributed by atoms with Crippen molar-refractivity contribution in [1.82, 2.24) is 0 Å². The van der Waals surface area contributed by atoms with E-state index in [0.717, 1.165) is 33.7 Å². The topological polar surface area (TPSA) is 35.8 Å². The van der Waals surface area contributed by atoms with Gasteiger partial charge in [-0.1, -0.05) is 11.6 Å². The maximum atomic E-state index is 8.90. The van der Waals surface area contributed by atoms with Crippen molar-refractivity contribution in [2.45, 2.75) is 26.7 Å². The minimum absolute atomic E-state index is 0.227. The van der Waals surface area contributed by atoms with E-state index < -0.39 is 0 Å². The summed E-state index contributed by atoms with van der Waals surface area (Å²) in [4.78, 5) is 0. The Morgan fingerprint density at radius 1 is 1.47 bits per heavy atom. The van der Waals surface area contributed by atoms with Gasteiger partial charge in [0.2, 0.25) is 0 Å². The van der Waals surface area contributed by atoms with E-state index in [1.165, 1.54) is 0 Å². The molecule has 0 heterocycles. The summed E-state index contributed by atoms with van der Waals surface area (Å²) in [6, 6.07) is 8.11. The van der Waals surface area contributed by atoms with Crippen molar-refractivity contribution in [3.8, 4) is 6.07 Å². The second kappa shape index (κ2) is 6.46. The molecule has 0 aromatic heterocycles. The largest absolute Gasteiger partial charge is 0.384 e. The van der Waals surface area contributed by atoms with E-state index in [4.69, 9.17) is 16.9 Å². The number of rotatable bonds is 5. The van der Waals surface area contributed by atoms with Crippen molar-refractivity contribution < 1.29 is 0 Å². The Bertz CT molecular complexity index is 424. The highest BCUT2D eigenvalue weighted by Crippen LogP contribution is 2.23. The lowest BCUT2D eigenvalue weighted by molar-refractivity contribution is 0.441. The van der Waals surface area contributed by atoms with E-state index in [9.17, 15) is 0 Å². The van der Waals surface area contributed by atoms with Gasteiger partial charge in [0, 0.05) is 20.8 Å². The van der Waals surface area contributed by atoms with Crippen LogP contribution in [0.4, 0.5) is 5.69 Å². The molecule has 0 bridgehead atoms. The van der Waals surface area contributed by atoms with Crippen molar-refractivity contribution in [2.24, 2.45) is 5.41 Å². The summed E-state index contributed by atoms with van der Waals surface area (Å²) in [5.74, 6) is 0. The van der Waals surface area contributed by atoms with Gasteiger partial charge in [0.25, 0.3) is 0 Å². The summed E-state index contributed by atoms with van der Waals surface area (Å²) < 4.78 is 1.12. The lowest BCUT2D eigenvalue weighted by Gasteiger charge is -2.15. The Morgan fingerprint density at radius 2 is 2.18 bits per heavy atom. The number of nitrogens with zero attached hydrogens (tertiary/aromatic N) is 1. The van der Waals surface area contributed by atoms with Crippen LogP contribution in [0.3, 0.4) is 0 Å². The molecule has 1 aromatic rings. The second-order valence-electron chi connectivity index (χ2n) is 4.65. The molecule has 0 spiro atoms. The fourth-order valence-electron chi connectivity index (χ4n) is 1.44. The summed E-state index contributed by atoms with van der Waals surface area (Å²) >= 11 is 8.15. The minimum atomic E-state index is -0.227. The lowest BCUT2D eigenvalue weighted by Crippen LogP contribution is -2.11. The van der Waals surface area contributed by atoms with Crippen LogP contribution in [0.15, 0.2) is 18.2 Å². The highest BCUT2D eigenvalue weighted by atomic mass is 127. The van der Waals surface area contributed by atoms with Gasteiger partial charge in [0.15, 0.2) is 0 Å². The zero-order chi connectivity index (χ0) is 12.9. The standard InChI is InChI=1S/C13H16ClIN2/c1-13(2,9-16)6-3-7-17-12-5-4-10(14)8-11(12)15/h4-5,8,17H,3,6-7H2,1-2H3. The van der Waals surface area contributed by atoms with Gasteiger partial charge in [-0.25, -0.2) is 0 Å². The molecule has 0 atom stereocenters. The van der Waals surface area contributed by atoms with Gasteiger partial charge in [0.1, 0.15) is 0 Å². The van der Waals surface area contributed by atoms with Crippen LogP contribution in [0.1, 0.15) is 26.7 Å². The van der Waals surface area contributed by atoms with Gasteiger partial charge in [0.05, 0.1) is 11.5 Å².